The summed E-state index contributed by atoms with van der Waals surface area (Å²) in [5.74, 6) is 0. The van der Waals surface area contributed by atoms with E-state index in [0.717, 1.165) is 30.6 Å². The topological polar surface area (TPSA) is 16.3 Å². The Balaban J connectivity index is 1.04. The molecule has 0 radical (unpaired) electrons. The first-order valence-corrected chi connectivity index (χ1v) is 33.0. The first-order chi connectivity index (χ1) is 43.9. The predicted molar refractivity (Wildman–Crippen MR) is 389 cm³/mol. The van der Waals surface area contributed by atoms with Crippen LogP contribution in [0, 0.1) is 0 Å². The largest absolute Gasteiger partial charge is 0.311 e. The molecule has 5 heterocycles. The lowest BCUT2D eigenvalue weighted by atomic mass is 9.33. The van der Waals surface area contributed by atoms with Crippen molar-refractivity contribution in [3.8, 4) is 33.6 Å². The molecule has 17 rings (SSSR count). The van der Waals surface area contributed by atoms with Crippen LogP contribution in [0.3, 0.4) is 0 Å². The Labute approximate surface area is 531 Å². The van der Waals surface area contributed by atoms with Crippen molar-refractivity contribution in [3.05, 3.63) is 271 Å². The highest BCUT2D eigenvalue weighted by Crippen LogP contribution is 2.54. The number of aromatic nitrogens is 2. The second kappa shape index (κ2) is 20.6. The molecule has 0 amide bonds. The molecule has 3 aromatic heterocycles. The number of aryl methyl sites for hydroxylation is 1. The molecule has 0 saturated heterocycles. The molecule has 0 spiro atoms. The van der Waals surface area contributed by atoms with Gasteiger partial charge in [-0.25, -0.2) is 0 Å². The molecule has 0 atom stereocenters. The summed E-state index contributed by atoms with van der Waals surface area (Å²) in [5, 5.41) is 7.67. The van der Waals surface area contributed by atoms with E-state index >= 15 is 0 Å². The molecule has 15 aromatic rings. The molecule has 12 aromatic carbocycles. The van der Waals surface area contributed by atoms with Gasteiger partial charge < -0.3 is 18.9 Å². The van der Waals surface area contributed by atoms with Crippen LogP contribution in [0.25, 0.3) is 97.4 Å². The number of unbranched alkanes of at least 4 members (excludes halogenated alkanes) is 1. The van der Waals surface area contributed by atoms with Crippen LogP contribution in [-0.2, 0) is 17.3 Å². The van der Waals surface area contributed by atoms with E-state index in [1.54, 1.807) is 0 Å². The van der Waals surface area contributed by atoms with Crippen molar-refractivity contribution < 1.29 is 0 Å². The van der Waals surface area contributed by atoms with Crippen LogP contribution in [0.4, 0.5) is 34.1 Å². The van der Waals surface area contributed by atoms with Gasteiger partial charge in [-0.15, -0.1) is 11.3 Å². The van der Waals surface area contributed by atoms with Gasteiger partial charge in [0, 0.05) is 87.0 Å². The summed E-state index contributed by atoms with van der Waals surface area (Å²) >= 11 is 1.92. The minimum absolute atomic E-state index is 0.151. The van der Waals surface area contributed by atoms with Gasteiger partial charge in [-0.1, -0.05) is 219 Å². The van der Waals surface area contributed by atoms with Crippen LogP contribution < -0.4 is 26.2 Å². The zero-order valence-electron chi connectivity index (χ0n) is 52.1. The monoisotopic (exact) mass is 1180 g/mol. The number of rotatable bonds is 9. The van der Waals surface area contributed by atoms with E-state index in [2.05, 4.69) is 322 Å². The van der Waals surface area contributed by atoms with Crippen LogP contribution in [0.1, 0.15) is 78.0 Å². The number of nitrogens with zero attached hydrogens (tertiary/aromatic N) is 4. The first-order valence-electron chi connectivity index (χ1n) is 32.2. The number of thiophene rings is 1. The number of para-hydroxylation sites is 4. The molecular formula is C84H69BN4S. The highest BCUT2D eigenvalue weighted by atomic mass is 32.1. The second-order valence-corrected chi connectivity index (χ2v) is 28.2. The SMILES string of the molecule is CCCCc1cc2c(cc1N1c3cc(-n4c5ccccc5c5ccccc54)ccc3B3c4ccc(-n5c6ccccc6c6ccccc65)cc4N(c4c(-c5ccccc5)cc(C(C)(C)C)cc4-c4ccccc4)c4cc(C(C)(C)C)cc1c43)sc1ccccc12. The van der Waals surface area contributed by atoms with Crippen molar-refractivity contribution in [2.75, 3.05) is 9.80 Å². The normalized spacial score (nSPS) is 13.1. The Morgan fingerprint density at radius 1 is 0.367 bits per heavy atom. The van der Waals surface area contributed by atoms with E-state index < -0.39 is 0 Å². The third-order valence-corrected chi connectivity index (χ3v) is 20.7. The van der Waals surface area contributed by atoms with Gasteiger partial charge in [-0.2, -0.15) is 0 Å². The minimum atomic E-state index is -0.254. The van der Waals surface area contributed by atoms with Gasteiger partial charge in [0.15, 0.2) is 0 Å². The Hall–Kier alpha value is -9.88. The fraction of sp³-hybridized carbons (Fsp3) is 0.143. The van der Waals surface area contributed by atoms with Crippen LogP contribution in [0.15, 0.2) is 255 Å². The molecule has 434 valence electrons. The lowest BCUT2D eigenvalue weighted by Crippen LogP contribution is -2.61. The lowest BCUT2D eigenvalue weighted by molar-refractivity contribution is 0.590. The molecule has 0 unspecified atom stereocenters. The van der Waals surface area contributed by atoms with Gasteiger partial charge in [0.05, 0.1) is 33.4 Å². The van der Waals surface area contributed by atoms with E-state index in [0.29, 0.717) is 0 Å². The zero-order valence-corrected chi connectivity index (χ0v) is 53.0. The summed E-state index contributed by atoms with van der Waals surface area (Å²) in [5.41, 5.74) is 26.4. The fourth-order valence-corrected chi connectivity index (χ4v) is 16.3. The van der Waals surface area contributed by atoms with E-state index in [1.165, 1.54) is 153 Å². The van der Waals surface area contributed by atoms with E-state index in [1.807, 2.05) is 11.3 Å². The predicted octanol–water partition coefficient (Wildman–Crippen LogP) is 21.6. The zero-order chi connectivity index (χ0) is 60.7. The maximum atomic E-state index is 2.74. The molecule has 0 bridgehead atoms. The number of anilines is 6. The molecule has 0 aliphatic carbocycles. The third kappa shape index (κ3) is 8.41. The summed E-state index contributed by atoms with van der Waals surface area (Å²) in [6.45, 7) is 16.5. The number of hydrogen-bond donors (Lipinski definition) is 0. The van der Waals surface area contributed by atoms with Gasteiger partial charge in [0.2, 0.25) is 0 Å². The van der Waals surface area contributed by atoms with Crippen LogP contribution in [-0.4, -0.2) is 15.8 Å². The summed E-state index contributed by atoms with van der Waals surface area (Å²) in [6.07, 6.45) is 3.13. The van der Waals surface area contributed by atoms with Crippen molar-refractivity contribution in [1.82, 2.24) is 9.13 Å². The third-order valence-electron chi connectivity index (χ3n) is 19.6. The average molecular weight is 1180 g/mol. The second-order valence-electron chi connectivity index (χ2n) is 27.1. The maximum absolute atomic E-state index is 2.74. The first kappa shape index (κ1) is 54.3. The molecular weight excluding hydrogens is 1110 g/mol. The van der Waals surface area contributed by atoms with Crippen molar-refractivity contribution in [2.45, 2.75) is 78.6 Å². The summed E-state index contributed by atoms with van der Waals surface area (Å²) < 4.78 is 7.64. The number of benzene rings is 12. The van der Waals surface area contributed by atoms with Crippen molar-refractivity contribution >= 4 is 132 Å². The fourth-order valence-electron chi connectivity index (χ4n) is 15.1. The standard InChI is InChI=1S/C84H69BN4S/c1-8-9-26-55-45-67-64-35-20-25-40-79(64)90-80(67)52-74(55)88-75-50-58(86-70-36-21-16-31-60(70)61-32-17-22-37-71(61)86)41-43-68(75)85-69-44-42-59(87-72-38-23-18-33-62(72)63-34-19-24-39-73(63)87)51-76(69)89(78-49-57(84(5,6)7)48-77(88)81(78)85)82-65(53-27-12-10-13-28-53)46-56(83(2,3)4)47-66(82)54-29-14-11-15-30-54/h10-25,27-52H,8-9,26H2,1-7H3. The van der Waals surface area contributed by atoms with E-state index in [-0.39, 0.29) is 17.5 Å². The Bertz CT molecular complexity index is 5230. The van der Waals surface area contributed by atoms with Gasteiger partial charge in [0.25, 0.3) is 6.71 Å². The molecule has 6 heteroatoms. The highest BCUT2D eigenvalue weighted by molar-refractivity contribution is 7.25. The minimum Gasteiger partial charge on any atom is -0.311 e. The van der Waals surface area contributed by atoms with Gasteiger partial charge >= 0.3 is 0 Å². The van der Waals surface area contributed by atoms with Gasteiger partial charge in [-0.05, 0) is 159 Å². The summed E-state index contributed by atoms with van der Waals surface area (Å²) in [4.78, 5) is 5.47. The van der Waals surface area contributed by atoms with Gasteiger partial charge in [0.1, 0.15) is 0 Å². The summed E-state index contributed by atoms with van der Waals surface area (Å²) in [6, 6.07) is 97.5. The van der Waals surface area contributed by atoms with Crippen LogP contribution in [0.2, 0.25) is 0 Å². The molecule has 0 saturated carbocycles. The maximum Gasteiger partial charge on any atom is 0.252 e. The molecule has 4 nitrogen and oxygen atoms in total. The van der Waals surface area contributed by atoms with E-state index in [9.17, 15) is 0 Å². The van der Waals surface area contributed by atoms with Crippen LogP contribution in [0.5, 0.6) is 0 Å². The number of hydrogen-bond acceptors (Lipinski definition) is 3. The Morgan fingerprint density at radius 3 is 1.29 bits per heavy atom. The van der Waals surface area contributed by atoms with Gasteiger partial charge in [-0.3, -0.25) is 0 Å². The Morgan fingerprint density at radius 2 is 0.800 bits per heavy atom. The Kier molecular flexibility index (Phi) is 12.4. The average Bonchev–Trinajstić information content (AvgIpc) is 0.887. The molecule has 0 N–H and O–H groups in total. The molecule has 90 heavy (non-hydrogen) atoms. The van der Waals surface area contributed by atoms with Crippen molar-refractivity contribution in [2.24, 2.45) is 0 Å². The lowest BCUT2D eigenvalue weighted by Gasteiger charge is -2.46. The quantitative estimate of drug-likeness (QED) is 0.134. The molecule has 2 aliphatic rings. The summed E-state index contributed by atoms with van der Waals surface area (Å²) in [7, 11) is 0. The number of fused-ring (bicyclic) bond motifs is 13. The van der Waals surface area contributed by atoms with Crippen molar-refractivity contribution in [1.29, 1.82) is 0 Å². The highest BCUT2D eigenvalue weighted by Gasteiger charge is 2.46. The molecule has 0 fully saturated rings. The van der Waals surface area contributed by atoms with Crippen molar-refractivity contribution in [3.63, 3.8) is 0 Å². The smallest absolute Gasteiger partial charge is 0.252 e. The van der Waals surface area contributed by atoms with Crippen LogP contribution >= 0.6 is 11.3 Å². The molecule has 2 aliphatic heterocycles. The van der Waals surface area contributed by atoms with E-state index in [4.69, 9.17) is 0 Å².